The number of carbonyl (C=O) groups is 1. The molecule has 0 atom stereocenters. The van der Waals surface area contributed by atoms with Gasteiger partial charge in [0.25, 0.3) is 0 Å². The summed E-state index contributed by atoms with van der Waals surface area (Å²) >= 11 is 3.35. The second-order valence-electron chi connectivity index (χ2n) is 5.42. The number of methoxy groups -OCH3 is 1. The average Bonchev–Trinajstić information content (AvgIpc) is 2.58. The van der Waals surface area contributed by atoms with Crippen molar-refractivity contribution in [3.63, 3.8) is 0 Å². The fraction of sp³-hybridized carbons (Fsp3) is 0.500. The molecule has 2 rings (SSSR count). The summed E-state index contributed by atoms with van der Waals surface area (Å²) in [6.45, 7) is 1.80. The molecule has 1 aromatic carbocycles. The van der Waals surface area contributed by atoms with Crippen LogP contribution in [0.1, 0.15) is 18.4 Å². The molecule has 0 spiro atoms. The Labute approximate surface area is 167 Å². The van der Waals surface area contributed by atoms with Crippen molar-refractivity contribution in [2.75, 3.05) is 27.2 Å². The zero-order chi connectivity index (χ0) is 16.8. The van der Waals surface area contributed by atoms with Crippen molar-refractivity contribution in [3.8, 4) is 0 Å². The van der Waals surface area contributed by atoms with Gasteiger partial charge in [-0.1, -0.05) is 15.9 Å². The fourth-order valence-corrected chi connectivity index (χ4v) is 3.09. The van der Waals surface area contributed by atoms with Gasteiger partial charge in [0.1, 0.15) is 5.82 Å². The third-order valence-electron chi connectivity index (χ3n) is 3.99. The molecule has 1 aliphatic rings. The van der Waals surface area contributed by atoms with Gasteiger partial charge in [-0.05, 0) is 31.0 Å². The SMILES string of the molecule is CN=C(NCc1cc(Br)ccc1F)N1CCC(C(=O)OC)CC1.I. The molecule has 0 radical (unpaired) electrons. The van der Waals surface area contributed by atoms with Gasteiger partial charge in [-0.2, -0.15) is 0 Å². The minimum atomic E-state index is -0.249. The number of hydrogen-bond acceptors (Lipinski definition) is 3. The molecule has 0 bridgehead atoms. The predicted molar refractivity (Wildman–Crippen MR) is 106 cm³/mol. The van der Waals surface area contributed by atoms with Gasteiger partial charge in [0.05, 0.1) is 13.0 Å². The largest absolute Gasteiger partial charge is 0.469 e. The average molecular weight is 514 g/mol. The van der Waals surface area contributed by atoms with Gasteiger partial charge in [-0.3, -0.25) is 9.79 Å². The van der Waals surface area contributed by atoms with Crippen molar-refractivity contribution >= 4 is 51.8 Å². The van der Waals surface area contributed by atoms with E-state index in [1.165, 1.54) is 13.2 Å². The lowest BCUT2D eigenvalue weighted by Crippen LogP contribution is -2.46. The highest BCUT2D eigenvalue weighted by molar-refractivity contribution is 14.0. The van der Waals surface area contributed by atoms with Gasteiger partial charge in [-0.25, -0.2) is 4.39 Å². The number of piperidine rings is 1. The molecule has 1 aliphatic heterocycles. The monoisotopic (exact) mass is 513 g/mol. The Kier molecular flexibility index (Phi) is 8.96. The Morgan fingerprint density at radius 3 is 2.71 bits per heavy atom. The zero-order valence-corrected chi connectivity index (χ0v) is 17.6. The van der Waals surface area contributed by atoms with Crippen LogP contribution in [0.25, 0.3) is 0 Å². The van der Waals surface area contributed by atoms with E-state index in [1.807, 2.05) is 0 Å². The van der Waals surface area contributed by atoms with Crippen LogP contribution in [0, 0.1) is 11.7 Å². The first-order chi connectivity index (χ1) is 11.0. The summed E-state index contributed by atoms with van der Waals surface area (Å²) in [5, 5.41) is 3.18. The van der Waals surface area contributed by atoms with E-state index in [1.54, 1.807) is 19.2 Å². The van der Waals surface area contributed by atoms with Crippen LogP contribution in [0.2, 0.25) is 0 Å². The molecule has 0 aliphatic carbocycles. The van der Waals surface area contributed by atoms with Crippen molar-refractivity contribution in [3.05, 3.63) is 34.1 Å². The van der Waals surface area contributed by atoms with Gasteiger partial charge in [0, 0.05) is 36.7 Å². The van der Waals surface area contributed by atoms with Crippen LogP contribution in [-0.2, 0) is 16.1 Å². The summed E-state index contributed by atoms with van der Waals surface area (Å²) in [5.74, 6) is 0.272. The van der Waals surface area contributed by atoms with Gasteiger partial charge < -0.3 is 15.0 Å². The van der Waals surface area contributed by atoms with Gasteiger partial charge in [0.2, 0.25) is 0 Å². The fourth-order valence-electron chi connectivity index (χ4n) is 2.68. The van der Waals surface area contributed by atoms with Gasteiger partial charge >= 0.3 is 5.97 Å². The molecule has 1 N–H and O–H groups in total. The Morgan fingerprint density at radius 2 is 2.12 bits per heavy atom. The van der Waals surface area contributed by atoms with Crippen LogP contribution < -0.4 is 5.32 Å². The Bertz CT molecular complexity index is 593. The summed E-state index contributed by atoms with van der Waals surface area (Å²) < 4.78 is 19.4. The van der Waals surface area contributed by atoms with Crippen molar-refractivity contribution in [2.24, 2.45) is 10.9 Å². The lowest BCUT2D eigenvalue weighted by atomic mass is 9.97. The van der Waals surface area contributed by atoms with E-state index in [0.29, 0.717) is 18.1 Å². The van der Waals surface area contributed by atoms with E-state index in [2.05, 4.69) is 31.1 Å². The molecular weight excluding hydrogens is 492 g/mol. The normalized spacial score (nSPS) is 15.7. The Morgan fingerprint density at radius 1 is 1.46 bits per heavy atom. The number of aliphatic imine (C=N–C) groups is 1. The number of esters is 1. The predicted octanol–water partition coefficient (Wildman–Crippen LogP) is 3.17. The second kappa shape index (κ2) is 10.2. The lowest BCUT2D eigenvalue weighted by Gasteiger charge is -2.33. The number of rotatable bonds is 3. The number of hydrogen-bond donors (Lipinski definition) is 1. The highest BCUT2D eigenvalue weighted by Crippen LogP contribution is 2.19. The molecule has 5 nitrogen and oxygen atoms in total. The van der Waals surface area contributed by atoms with Crippen molar-refractivity contribution in [1.82, 2.24) is 10.2 Å². The highest BCUT2D eigenvalue weighted by atomic mass is 127. The summed E-state index contributed by atoms with van der Waals surface area (Å²) in [4.78, 5) is 17.9. The first kappa shape index (κ1) is 21.1. The van der Waals surface area contributed by atoms with Crippen LogP contribution in [0.15, 0.2) is 27.7 Å². The first-order valence-electron chi connectivity index (χ1n) is 7.52. The molecule has 0 saturated carbocycles. The number of likely N-dealkylation sites (tertiary alicyclic amines) is 1. The maximum Gasteiger partial charge on any atom is 0.308 e. The van der Waals surface area contributed by atoms with E-state index in [9.17, 15) is 9.18 Å². The van der Waals surface area contributed by atoms with E-state index in [0.717, 1.165) is 30.4 Å². The first-order valence-corrected chi connectivity index (χ1v) is 8.31. The number of halogens is 3. The van der Waals surface area contributed by atoms with Crippen LogP contribution >= 0.6 is 39.9 Å². The number of ether oxygens (including phenoxy) is 1. The van der Waals surface area contributed by atoms with E-state index < -0.39 is 0 Å². The molecule has 1 aromatic rings. The molecule has 24 heavy (non-hydrogen) atoms. The van der Waals surface area contributed by atoms with E-state index in [-0.39, 0.29) is 41.7 Å². The van der Waals surface area contributed by atoms with Crippen LogP contribution in [0.3, 0.4) is 0 Å². The topological polar surface area (TPSA) is 53.9 Å². The molecule has 1 fully saturated rings. The third-order valence-corrected chi connectivity index (χ3v) is 4.48. The van der Waals surface area contributed by atoms with Crippen LogP contribution in [-0.4, -0.2) is 44.1 Å². The molecule has 0 aromatic heterocycles. The summed E-state index contributed by atoms with van der Waals surface area (Å²) in [7, 11) is 3.12. The smallest absolute Gasteiger partial charge is 0.308 e. The standard InChI is InChI=1S/C16H21BrFN3O2.HI/c1-19-16(20-10-12-9-13(17)3-4-14(12)18)21-7-5-11(6-8-21)15(22)23-2;/h3-4,9,11H,5-8,10H2,1-2H3,(H,19,20);1H. The van der Waals surface area contributed by atoms with E-state index >= 15 is 0 Å². The molecular formula is C16H22BrFIN3O2. The van der Waals surface area contributed by atoms with Crippen molar-refractivity contribution in [2.45, 2.75) is 19.4 Å². The molecule has 1 heterocycles. The third kappa shape index (κ3) is 5.58. The molecule has 134 valence electrons. The molecule has 1 saturated heterocycles. The van der Waals surface area contributed by atoms with Crippen molar-refractivity contribution in [1.29, 1.82) is 0 Å². The van der Waals surface area contributed by atoms with E-state index in [4.69, 9.17) is 4.74 Å². The summed E-state index contributed by atoms with van der Waals surface area (Å²) in [6.07, 6.45) is 1.47. The number of guanidine groups is 1. The lowest BCUT2D eigenvalue weighted by molar-refractivity contribution is -0.146. The maximum absolute atomic E-state index is 13.8. The van der Waals surface area contributed by atoms with Gasteiger partial charge in [-0.15, -0.1) is 24.0 Å². The quantitative estimate of drug-likeness (QED) is 0.292. The van der Waals surface area contributed by atoms with Crippen molar-refractivity contribution < 1.29 is 13.9 Å². The number of nitrogens with one attached hydrogen (secondary N) is 1. The van der Waals surface area contributed by atoms with Gasteiger partial charge in [0.15, 0.2) is 5.96 Å². The minimum Gasteiger partial charge on any atom is -0.469 e. The zero-order valence-electron chi connectivity index (χ0n) is 13.7. The minimum absolute atomic E-state index is 0. The highest BCUT2D eigenvalue weighted by Gasteiger charge is 2.26. The number of benzene rings is 1. The summed E-state index contributed by atoms with van der Waals surface area (Å²) in [6, 6.07) is 4.86. The Hall–Kier alpha value is -0.900. The molecule has 8 heteroatoms. The van der Waals surface area contributed by atoms with Crippen LogP contribution in [0.4, 0.5) is 4.39 Å². The number of nitrogens with zero attached hydrogens (tertiary/aromatic N) is 2. The molecule has 0 amide bonds. The second-order valence-corrected chi connectivity index (χ2v) is 6.34. The number of carbonyl (C=O) groups excluding carboxylic acids is 1. The van der Waals surface area contributed by atoms with Crippen LogP contribution in [0.5, 0.6) is 0 Å². The molecule has 0 unspecified atom stereocenters. The Balaban J connectivity index is 0.00000288. The summed E-state index contributed by atoms with van der Waals surface area (Å²) in [5.41, 5.74) is 0.574. The maximum atomic E-state index is 13.8.